The van der Waals surface area contributed by atoms with Gasteiger partial charge in [-0.3, -0.25) is 4.79 Å². The number of aryl methyl sites for hydroxylation is 2. The highest BCUT2D eigenvalue weighted by molar-refractivity contribution is 5.97. The molecular weight excluding hydrogens is 306 g/mol. The van der Waals surface area contributed by atoms with E-state index in [0.717, 1.165) is 16.9 Å². The van der Waals surface area contributed by atoms with Crippen molar-refractivity contribution in [3.8, 4) is 5.75 Å². The Bertz CT molecular complexity index is 755. The minimum atomic E-state index is -1.04. The third-order valence-electron chi connectivity index (χ3n) is 3.70. The van der Waals surface area contributed by atoms with Gasteiger partial charge in [0.05, 0.1) is 12.1 Å². The summed E-state index contributed by atoms with van der Waals surface area (Å²) in [5.74, 6) is -0.477. The fourth-order valence-electron chi connectivity index (χ4n) is 2.36. The van der Waals surface area contributed by atoms with Crippen LogP contribution in [0.3, 0.4) is 0 Å². The molecule has 2 aromatic carbocycles. The molecule has 0 aliphatic rings. The number of aromatic carboxylic acids is 1. The third kappa shape index (κ3) is 4.35. The molecule has 0 aliphatic heterocycles. The van der Waals surface area contributed by atoms with Gasteiger partial charge in [0, 0.05) is 12.6 Å². The van der Waals surface area contributed by atoms with Crippen molar-refractivity contribution in [3.63, 3.8) is 0 Å². The highest BCUT2D eigenvalue weighted by Crippen LogP contribution is 2.16. The van der Waals surface area contributed by atoms with Crippen molar-refractivity contribution in [1.29, 1.82) is 0 Å². The fourth-order valence-corrected chi connectivity index (χ4v) is 2.36. The maximum Gasteiger partial charge on any atom is 0.335 e. The van der Waals surface area contributed by atoms with Gasteiger partial charge in [-0.15, -0.1) is 0 Å². The van der Waals surface area contributed by atoms with Crippen molar-refractivity contribution in [3.05, 3.63) is 64.7 Å². The van der Waals surface area contributed by atoms with Gasteiger partial charge in [-0.2, -0.15) is 0 Å². The number of carboxylic acid groups (broad SMARTS) is 1. The van der Waals surface area contributed by atoms with Gasteiger partial charge in [0.25, 0.3) is 5.91 Å². The van der Waals surface area contributed by atoms with E-state index in [1.54, 1.807) is 26.1 Å². The number of benzene rings is 2. The first kappa shape index (κ1) is 17.5. The number of nitrogens with zero attached hydrogens (tertiary/aromatic N) is 1. The topological polar surface area (TPSA) is 66.8 Å². The lowest BCUT2D eigenvalue weighted by Crippen LogP contribution is -2.31. The second kappa shape index (κ2) is 7.64. The van der Waals surface area contributed by atoms with Crippen molar-refractivity contribution < 1.29 is 19.4 Å². The maximum absolute atomic E-state index is 12.5. The zero-order chi connectivity index (χ0) is 17.7. The van der Waals surface area contributed by atoms with Gasteiger partial charge >= 0.3 is 5.97 Å². The molecule has 1 amide bonds. The first-order valence-corrected chi connectivity index (χ1v) is 7.67. The Hall–Kier alpha value is -2.82. The number of carbonyl (C=O) groups is 2. The van der Waals surface area contributed by atoms with Crippen molar-refractivity contribution in [2.75, 3.05) is 20.2 Å². The van der Waals surface area contributed by atoms with E-state index >= 15 is 0 Å². The van der Waals surface area contributed by atoms with Crippen LogP contribution in [0.2, 0.25) is 0 Å². The highest BCUT2D eigenvalue weighted by Gasteiger charge is 2.15. The van der Waals surface area contributed by atoms with E-state index in [1.807, 2.05) is 31.2 Å². The molecule has 0 fully saturated rings. The summed E-state index contributed by atoms with van der Waals surface area (Å²) in [4.78, 5) is 25.1. The lowest BCUT2D eigenvalue weighted by atomic mass is 10.1. The standard InChI is InChI=1S/C19H21NO4/c1-13-10-15(12-16(11-13)19(22)23)18(21)20(3)8-9-24-17-7-5-4-6-14(17)2/h4-7,10-12H,8-9H2,1-3H3,(H,22,23). The summed E-state index contributed by atoms with van der Waals surface area (Å²) in [6.07, 6.45) is 0. The normalized spacial score (nSPS) is 10.3. The number of amides is 1. The van der Waals surface area contributed by atoms with E-state index in [0.29, 0.717) is 18.7 Å². The lowest BCUT2D eigenvalue weighted by Gasteiger charge is -2.18. The smallest absolute Gasteiger partial charge is 0.335 e. The van der Waals surface area contributed by atoms with Gasteiger partial charge in [-0.05, 0) is 49.2 Å². The molecule has 2 rings (SSSR count). The average molecular weight is 327 g/mol. The number of carbonyl (C=O) groups excluding carboxylic acids is 1. The molecule has 24 heavy (non-hydrogen) atoms. The monoisotopic (exact) mass is 327 g/mol. The molecule has 0 aromatic heterocycles. The minimum Gasteiger partial charge on any atom is -0.491 e. The maximum atomic E-state index is 12.5. The molecule has 0 atom stereocenters. The van der Waals surface area contributed by atoms with Gasteiger partial charge in [0.1, 0.15) is 12.4 Å². The van der Waals surface area contributed by atoms with Gasteiger partial charge in [-0.1, -0.05) is 18.2 Å². The first-order chi connectivity index (χ1) is 11.4. The number of rotatable bonds is 6. The summed E-state index contributed by atoms with van der Waals surface area (Å²) in [7, 11) is 1.67. The van der Waals surface area contributed by atoms with Crippen molar-refractivity contribution in [2.45, 2.75) is 13.8 Å². The summed E-state index contributed by atoms with van der Waals surface area (Å²) in [6.45, 7) is 4.50. The molecule has 0 spiro atoms. The molecule has 5 heteroatoms. The van der Waals surface area contributed by atoms with E-state index in [9.17, 15) is 9.59 Å². The number of ether oxygens (including phenoxy) is 1. The van der Waals surface area contributed by atoms with Gasteiger partial charge in [-0.25, -0.2) is 4.79 Å². The predicted octanol–water partition coefficient (Wildman–Crippen LogP) is 3.15. The molecular formula is C19H21NO4. The van der Waals surface area contributed by atoms with E-state index in [1.165, 1.54) is 11.0 Å². The van der Waals surface area contributed by atoms with Crippen LogP contribution in [0.4, 0.5) is 0 Å². The van der Waals surface area contributed by atoms with E-state index in [4.69, 9.17) is 9.84 Å². The molecule has 2 aromatic rings. The summed E-state index contributed by atoms with van der Waals surface area (Å²) in [5.41, 5.74) is 2.26. The molecule has 126 valence electrons. The number of likely N-dealkylation sites (N-methyl/N-ethyl adjacent to an activating group) is 1. The van der Waals surface area contributed by atoms with E-state index in [-0.39, 0.29) is 11.5 Å². The Morgan fingerprint density at radius 1 is 1.08 bits per heavy atom. The summed E-state index contributed by atoms with van der Waals surface area (Å²) < 4.78 is 5.69. The number of hydrogen-bond acceptors (Lipinski definition) is 3. The summed E-state index contributed by atoms with van der Waals surface area (Å²) in [5, 5.41) is 9.10. The van der Waals surface area contributed by atoms with Crippen LogP contribution in [0.15, 0.2) is 42.5 Å². The first-order valence-electron chi connectivity index (χ1n) is 7.67. The third-order valence-corrected chi connectivity index (χ3v) is 3.70. The Labute approximate surface area is 141 Å². The van der Waals surface area contributed by atoms with Crippen LogP contribution in [0.25, 0.3) is 0 Å². The number of carboxylic acids is 1. The van der Waals surface area contributed by atoms with Crippen molar-refractivity contribution >= 4 is 11.9 Å². The molecule has 0 saturated carbocycles. The lowest BCUT2D eigenvalue weighted by molar-refractivity contribution is 0.0696. The van der Waals surface area contributed by atoms with Crippen molar-refractivity contribution in [2.24, 2.45) is 0 Å². The highest BCUT2D eigenvalue weighted by atomic mass is 16.5. The van der Waals surface area contributed by atoms with Gasteiger partial charge < -0.3 is 14.7 Å². The number of para-hydroxylation sites is 1. The largest absolute Gasteiger partial charge is 0.491 e. The van der Waals surface area contributed by atoms with Gasteiger partial charge in [0.15, 0.2) is 0 Å². The molecule has 0 radical (unpaired) electrons. The second-order valence-electron chi connectivity index (χ2n) is 5.73. The zero-order valence-corrected chi connectivity index (χ0v) is 14.1. The molecule has 0 unspecified atom stereocenters. The predicted molar refractivity (Wildman–Crippen MR) is 91.8 cm³/mol. The van der Waals surface area contributed by atoms with Crippen LogP contribution in [-0.2, 0) is 0 Å². The Kier molecular flexibility index (Phi) is 5.58. The van der Waals surface area contributed by atoms with E-state index in [2.05, 4.69) is 0 Å². The van der Waals surface area contributed by atoms with Crippen LogP contribution in [0.1, 0.15) is 31.8 Å². The average Bonchev–Trinajstić information content (AvgIpc) is 2.55. The fraction of sp³-hybridized carbons (Fsp3) is 0.263. The zero-order valence-electron chi connectivity index (χ0n) is 14.1. The number of hydrogen-bond donors (Lipinski definition) is 1. The molecule has 0 heterocycles. The Morgan fingerprint density at radius 3 is 2.42 bits per heavy atom. The SMILES string of the molecule is Cc1cc(C(=O)O)cc(C(=O)N(C)CCOc2ccccc2C)c1. The van der Waals surface area contributed by atoms with Crippen LogP contribution < -0.4 is 4.74 Å². The molecule has 1 N–H and O–H groups in total. The van der Waals surface area contributed by atoms with Crippen LogP contribution in [0.5, 0.6) is 5.75 Å². The molecule has 0 aliphatic carbocycles. The van der Waals surface area contributed by atoms with Crippen LogP contribution in [-0.4, -0.2) is 42.1 Å². The Balaban J connectivity index is 2.00. The second-order valence-corrected chi connectivity index (χ2v) is 5.73. The Morgan fingerprint density at radius 2 is 1.75 bits per heavy atom. The molecule has 5 nitrogen and oxygen atoms in total. The molecule has 0 bridgehead atoms. The van der Waals surface area contributed by atoms with E-state index < -0.39 is 5.97 Å². The van der Waals surface area contributed by atoms with Crippen LogP contribution >= 0.6 is 0 Å². The molecule has 0 saturated heterocycles. The van der Waals surface area contributed by atoms with Crippen molar-refractivity contribution in [1.82, 2.24) is 4.90 Å². The van der Waals surface area contributed by atoms with Crippen LogP contribution in [0, 0.1) is 13.8 Å². The summed E-state index contributed by atoms with van der Waals surface area (Å²) >= 11 is 0. The minimum absolute atomic E-state index is 0.114. The summed E-state index contributed by atoms with van der Waals surface area (Å²) in [6, 6.07) is 12.3. The van der Waals surface area contributed by atoms with Gasteiger partial charge in [0.2, 0.25) is 0 Å². The quantitative estimate of drug-likeness (QED) is 0.885.